The monoisotopic (exact) mass is 361 g/mol. The fourth-order valence-electron chi connectivity index (χ4n) is 2.37. The van der Waals surface area contributed by atoms with E-state index in [1.807, 2.05) is 24.3 Å². The van der Waals surface area contributed by atoms with E-state index in [1.165, 1.54) is 0 Å². The number of rotatable bonds is 9. The van der Waals surface area contributed by atoms with Crippen LogP contribution in [-0.2, 0) is 16.0 Å². The molecule has 1 heterocycles. The number of hydrogen-bond donors (Lipinski definition) is 2. The Balaban J connectivity index is 1.84. The van der Waals surface area contributed by atoms with Crippen molar-refractivity contribution in [2.24, 2.45) is 5.92 Å². The minimum atomic E-state index is -1.03. The summed E-state index contributed by atoms with van der Waals surface area (Å²) in [6.07, 6.45) is 1.12. The number of carbonyl (C=O) groups is 2. The molecule has 8 heteroatoms. The van der Waals surface area contributed by atoms with Gasteiger partial charge in [-0.1, -0.05) is 19.0 Å². The van der Waals surface area contributed by atoms with E-state index in [0.29, 0.717) is 24.6 Å². The van der Waals surface area contributed by atoms with Crippen LogP contribution in [0.2, 0.25) is 0 Å². The molecule has 0 radical (unpaired) electrons. The maximum atomic E-state index is 11.9. The van der Waals surface area contributed by atoms with Crippen molar-refractivity contribution in [1.29, 1.82) is 0 Å². The second kappa shape index (κ2) is 8.98. The van der Waals surface area contributed by atoms with Gasteiger partial charge in [-0.15, -0.1) is 0 Å². The van der Waals surface area contributed by atoms with Gasteiger partial charge in [-0.25, -0.2) is 4.79 Å². The molecule has 0 bridgehead atoms. The molecule has 140 valence electrons. The number of carboxylic acid groups (broad SMARTS) is 1. The minimum Gasteiger partial charge on any atom is -0.497 e. The van der Waals surface area contributed by atoms with Crippen molar-refractivity contribution in [3.63, 3.8) is 0 Å². The zero-order chi connectivity index (χ0) is 19.1. The van der Waals surface area contributed by atoms with Crippen molar-refractivity contribution in [3.05, 3.63) is 30.2 Å². The number of benzene rings is 1. The van der Waals surface area contributed by atoms with Crippen molar-refractivity contribution >= 4 is 11.9 Å². The van der Waals surface area contributed by atoms with Gasteiger partial charge in [0.25, 0.3) is 0 Å². The summed E-state index contributed by atoms with van der Waals surface area (Å²) in [6, 6.07) is 6.40. The van der Waals surface area contributed by atoms with Crippen LogP contribution < -0.4 is 10.1 Å². The standard InChI is InChI=1S/C18H23N3O5/c1-11(2)16(18(23)24)19-14(22)5-4-6-15-20-17(21-26-15)12-7-9-13(25-3)10-8-12/h7-11,16H,4-6H2,1-3H3,(H,19,22)(H,23,24). The SMILES string of the molecule is COc1ccc(-c2noc(CCCC(=O)NC(C(=O)O)C(C)C)n2)cc1. The first-order valence-electron chi connectivity index (χ1n) is 8.40. The Morgan fingerprint density at radius 1 is 1.27 bits per heavy atom. The number of methoxy groups -OCH3 is 1. The molecule has 0 aliphatic heterocycles. The van der Waals surface area contributed by atoms with Gasteiger partial charge in [0, 0.05) is 18.4 Å². The topological polar surface area (TPSA) is 115 Å². The number of aromatic nitrogens is 2. The second-order valence-electron chi connectivity index (χ2n) is 6.22. The summed E-state index contributed by atoms with van der Waals surface area (Å²) in [4.78, 5) is 27.3. The van der Waals surface area contributed by atoms with E-state index in [0.717, 1.165) is 11.3 Å². The van der Waals surface area contributed by atoms with Crippen LogP contribution >= 0.6 is 0 Å². The maximum absolute atomic E-state index is 11.9. The molecule has 1 aromatic carbocycles. The highest BCUT2D eigenvalue weighted by Crippen LogP contribution is 2.20. The molecule has 2 N–H and O–H groups in total. The Morgan fingerprint density at radius 2 is 1.96 bits per heavy atom. The van der Waals surface area contributed by atoms with E-state index in [9.17, 15) is 9.59 Å². The van der Waals surface area contributed by atoms with Gasteiger partial charge in [0.2, 0.25) is 17.6 Å². The molecule has 26 heavy (non-hydrogen) atoms. The van der Waals surface area contributed by atoms with Crippen LogP contribution in [0.25, 0.3) is 11.4 Å². The molecule has 0 aliphatic rings. The molecule has 0 aliphatic carbocycles. The first-order valence-corrected chi connectivity index (χ1v) is 8.40. The van der Waals surface area contributed by atoms with Gasteiger partial charge in [0.15, 0.2) is 0 Å². The molecular weight excluding hydrogens is 338 g/mol. The normalized spacial score (nSPS) is 12.0. The summed E-state index contributed by atoms with van der Waals surface area (Å²) in [5.41, 5.74) is 0.805. The number of ether oxygens (including phenoxy) is 1. The highest BCUT2D eigenvalue weighted by atomic mass is 16.5. The average molecular weight is 361 g/mol. The van der Waals surface area contributed by atoms with E-state index in [1.54, 1.807) is 21.0 Å². The molecule has 0 fully saturated rings. The molecular formula is C18H23N3O5. The Bertz CT molecular complexity index is 740. The predicted molar refractivity (Wildman–Crippen MR) is 93.6 cm³/mol. The van der Waals surface area contributed by atoms with Gasteiger partial charge in [-0.2, -0.15) is 4.98 Å². The summed E-state index contributed by atoms with van der Waals surface area (Å²) < 4.78 is 10.3. The highest BCUT2D eigenvalue weighted by molar-refractivity contribution is 5.83. The van der Waals surface area contributed by atoms with Crippen molar-refractivity contribution in [2.45, 2.75) is 39.2 Å². The molecule has 0 spiro atoms. The van der Waals surface area contributed by atoms with Gasteiger partial charge in [-0.3, -0.25) is 4.79 Å². The fourth-order valence-corrected chi connectivity index (χ4v) is 2.37. The molecule has 1 aromatic heterocycles. The number of carbonyl (C=O) groups excluding carboxylic acids is 1. The third kappa shape index (κ3) is 5.30. The van der Waals surface area contributed by atoms with E-state index >= 15 is 0 Å². The summed E-state index contributed by atoms with van der Waals surface area (Å²) in [5, 5.41) is 15.5. The molecule has 0 saturated heterocycles. The third-order valence-corrected chi connectivity index (χ3v) is 3.86. The smallest absolute Gasteiger partial charge is 0.326 e. The fraction of sp³-hybridized carbons (Fsp3) is 0.444. The van der Waals surface area contributed by atoms with Crippen molar-refractivity contribution < 1.29 is 24.0 Å². The van der Waals surface area contributed by atoms with E-state index in [4.69, 9.17) is 14.4 Å². The summed E-state index contributed by atoms with van der Waals surface area (Å²) in [7, 11) is 1.59. The second-order valence-corrected chi connectivity index (χ2v) is 6.22. The Labute approximate surface area is 151 Å². The number of nitrogens with one attached hydrogen (secondary N) is 1. The lowest BCUT2D eigenvalue weighted by Crippen LogP contribution is -2.44. The average Bonchev–Trinajstić information content (AvgIpc) is 3.08. The number of aryl methyl sites for hydroxylation is 1. The number of amides is 1. The van der Waals surface area contributed by atoms with Gasteiger partial charge < -0.3 is 19.7 Å². The molecule has 8 nitrogen and oxygen atoms in total. The van der Waals surface area contributed by atoms with E-state index < -0.39 is 12.0 Å². The summed E-state index contributed by atoms with van der Waals surface area (Å²) >= 11 is 0. The van der Waals surface area contributed by atoms with Gasteiger partial charge in [-0.05, 0) is 36.6 Å². The number of carboxylic acids is 1. The number of nitrogens with zero attached hydrogens (tertiary/aromatic N) is 2. The van der Waals surface area contributed by atoms with Crippen molar-refractivity contribution in [3.8, 4) is 17.1 Å². The van der Waals surface area contributed by atoms with Crippen LogP contribution in [0.4, 0.5) is 0 Å². The van der Waals surface area contributed by atoms with Gasteiger partial charge >= 0.3 is 5.97 Å². The predicted octanol–water partition coefficient (Wildman–Crippen LogP) is 2.29. The summed E-state index contributed by atoms with van der Waals surface area (Å²) in [5.74, 6) is 0.125. The Morgan fingerprint density at radius 3 is 2.54 bits per heavy atom. The van der Waals surface area contributed by atoms with Crippen LogP contribution in [0.3, 0.4) is 0 Å². The lowest BCUT2D eigenvalue weighted by molar-refractivity contribution is -0.143. The quantitative estimate of drug-likeness (QED) is 0.704. The van der Waals surface area contributed by atoms with Crippen LogP contribution in [0.15, 0.2) is 28.8 Å². The van der Waals surface area contributed by atoms with Crippen LogP contribution in [-0.4, -0.2) is 40.3 Å². The van der Waals surface area contributed by atoms with E-state index in [-0.39, 0.29) is 18.2 Å². The first-order chi connectivity index (χ1) is 12.4. The highest BCUT2D eigenvalue weighted by Gasteiger charge is 2.23. The van der Waals surface area contributed by atoms with Crippen molar-refractivity contribution in [2.75, 3.05) is 7.11 Å². The zero-order valence-corrected chi connectivity index (χ0v) is 15.1. The van der Waals surface area contributed by atoms with Crippen LogP contribution in [0.5, 0.6) is 5.75 Å². The lowest BCUT2D eigenvalue weighted by atomic mass is 10.0. The third-order valence-electron chi connectivity index (χ3n) is 3.86. The first kappa shape index (κ1) is 19.4. The largest absolute Gasteiger partial charge is 0.497 e. The maximum Gasteiger partial charge on any atom is 0.326 e. The molecule has 1 atom stereocenters. The molecule has 1 amide bonds. The Kier molecular flexibility index (Phi) is 6.71. The van der Waals surface area contributed by atoms with E-state index in [2.05, 4.69) is 15.5 Å². The minimum absolute atomic E-state index is 0.181. The summed E-state index contributed by atoms with van der Waals surface area (Å²) in [6.45, 7) is 3.50. The molecule has 0 saturated carbocycles. The number of aliphatic carboxylic acids is 1. The van der Waals surface area contributed by atoms with Crippen molar-refractivity contribution in [1.82, 2.24) is 15.5 Å². The van der Waals surface area contributed by atoms with Crippen LogP contribution in [0.1, 0.15) is 32.6 Å². The molecule has 2 aromatic rings. The lowest BCUT2D eigenvalue weighted by Gasteiger charge is -2.17. The Hall–Kier alpha value is -2.90. The molecule has 2 rings (SSSR count). The zero-order valence-electron chi connectivity index (χ0n) is 15.1. The van der Waals surface area contributed by atoms with Gasteiger partial charge in [0.05, 0.1) is 7.11 Å². The van der Waals surface area contributed by atoms with Crippen LogP contribution in [0, 0.1) is 5.92 Å². The number of hydrogen-bond acceptors (Lipinski definition) is 6. The van der Waals surface area contributed by atoms with Gasteiger partial charge in [0.1, 0.15) is 11.8 Å². The molecule has 1 unspecified atom stereocenters.